The number of hydrogen-bond acceptors (Lipinski definition) is 10. The van der Waals surface area contributed by atoms with Gasteiger partial charge in [-0.2, -0.15) is 0 Å². The number of rotatable bonds is 16. The van der Waals surface area contributed by atoms with Crippen LogP contribution in [0.15, 0.2) is 60.7 Å². The lowest BCUT2D eigenvalue weighted by Crippen LogP contribution is -2.43. The van der Waals surface area contributed by atoms with Gasteiger partial charge in [0.25, 0.3) is 5.91 Å². The summed E-state index contributed by atoms with van der Waals surface area (Å²) in [5, 5.41) is 16.5. The molecule has 2 aromatic carbocycles. The highest BCUT2D eigenvalue weighted by Gasteiger charge is 2.25. The number of amides is 1. The van der Waals surface area contributed by atoms with Crippen LogP contribution in [0.4, 0.5) is 0 Å². The number of ether oxygens (including phenoxy) is 1. The van der Waals surface area contributed by atoms with E-state index >= 15 is 0 Å². The van der Waals surface area contributed by atoms with Gasteiger partial charge in [0.15, 0.2) is 5.78 Å². The molecule has 0 fully saturated rings. The number of carboxylic acids is 1. The number of aliphatic carboxylic acids is 1. The summed E-state index contributed by atoms with van der Waals surface area (Å²) in [4.78, 5) is 40.7. The topological polar surface area (TPSA) is 122 Å². The molecule has 1 amide bonds. The predicted molar refractivity (Wildman–Crippen MR) is 171 cm³/mol. The minimum absolute atomic E-state index is 0.0445. The lowest BCUT2D eigenvalue weighted by atomic mass is 10.1. The third-order valence-electron chi connectivity index (χ3n) is 6.13. The average Bonchev–Trinajstić information content (AvgIpc) is 3.61. The van der Waals surface area contributed by atoms with Crippen molar-refractivity contribution in [1.82, 2.24) is 19.8 Å². The summed E-state index contributed by atoms with van der Waals surface area (Å²) < 4.78 is 10.3. The van der Waals surface area contributed by atoms with Crippen LogP contribution >= 0.6 is 57.8 Å². The van der Waals surface area contributed by atoms with Crippen LogP contribution in [0.2, 0.25) is 9.36 Å². The second kappa shape index (κ2) is 16.2. The highest BCUT2D eigenvalue weighted by Crippen LogP contribution is 2.25. The third kappa shape index (κ3) is 10.0. The molecule has 0 aliphatic carbocycles. The Kier molecular flexibility index (Phi) is 12.4. The number of aromatic nitrogens is 2. The number of Topliss-reactive ketones (excluding diaryl/α,β-unsaturated/α-hetero) is 1. The first-order valence-corrected chi connectivity index (χ1v) is 16.5. The van der Waals surface area contributed by atoms with Crippen molar-refractivity contribution >= 4 is 75.5 Å². The van der Waals surface area contributed by atoms with Crippen LogP contribution in [0.25, 0.3) is 0 Å². The number of para-hydroxylation sites is 1. The second-order valence-electron chi connectivity index (χ2n) is 9.50. The van der Waals surface area contributed by atoms with Crippen LogP contribution in [-0.2, 0) is 35.0 Å². The van der Waals surface area contributed by atoms with E-state index in [2.05, 4.69) is 19.8 Å². The van der Waals surface area contributed by atoms with Crippen molar-refractivity contribution in [3.05, 3.63) is 96.6 Å². The molecule has 2 aromatic heterocycles. The molecule has 0 saturated heterocycles. The molecule has 2 heterocycles. The van der Waals surface area contributed by atoms with Crippen LogP contribution in [-0.4, -0.2) is 56.1 Å². The molecular formula is C29H28Cl2N4O5S3. The first kappa shape index (κ1) is 32.9. The summed E-state index contributed by atoms with van der Waals surface area (Å²) in [7, 11) is 1.96. The number of carboxylic acid groups (broad SMARTS) is 1. The molecule has 43 heavy (non-hydrogen) atoms. The van der Waals surface area contributed by atoms with Gasteiger partial charge in [-0.15, -0.1) is 28.2 Å². The second-order valence-corrected chi connectivity index (χ2v) is 13.4. The summed E-state index contributed by atoms with van der Waals surface area (Å²) >= 11 is 16.0. The van der Waals surface area contributed by atoms with Crippen LogP contribution in [0.1, 0.15) is 37.8 Å². The molecule has 0 unspecified atom stereocenters. The SMILES string of the molecule is CN(Cc1ccc(C(=O)N[C@@H](CC(=O)O)C(=O)CSCc2ccccc2Cl)s1)Cc1ccccc1OCc1nnsc1Cl. The van der Waals surface area contributed by atoms with E-state index in [1.54, 1.807) is 12.1 Å². The quantitative estimate of drug-likeness (QED) is 0.143. The Morgan fingerprint density at radius 3 is 2.51 bits per heavy atom. The number of carbonyl (C=O) groups is 3. The molecule has 0 spiro atoms. The maximum Gasteiger partial charge on any atom is 0.305 e. The maximum atomic E-state index is 13.0. The zero-order valence-electron chi connectivity index (χ0n) is 23.0. The zero-order valence-corrected chi connectivity index (χ0v) is 27.0. The molecule has 2 N–H and O–H groups in total. The number of thiophene rings is 1. The van der Waals surface area contributed by atoms with Crippen molar-refractivity contribution in [3.8, 4) is 5.75 Å². The molecule has 0 aliphatic heterocycles. The maximum absolute atomic E-state index is 13.0. The number of nitrogens with one attached hydrogen (secondary N) is 1. The first-order valence-electron chi connectivity index (χ1n) is 13.0. The Morgan fingerprint density at radius 2 is 1.79 bits per heavy atom. The lowest BCUT2D eigenvalue weighted by molar-refractivity contribution is -0.139. The van der Waals surface area contributed by atoms with Crippen LogP contribution in [0.3, 0.4) is 0 Å². The van der Waals surface area contributed by atoms with E-state index in [-0.39, 0.29) is 18.1 Å². The van der Waals surface area contributed by atoms with Crippen molar-refractivity contribution in [2.45, 2.75) is 37.9 Å². The summed E-state index contributed by atoms with van der Waals surface area (Å²) in [6.07, 6.45) is -0.495. The van der Waals surface area contributed by atoms with Crippen molar-refractivity contribution in [1.29, 1.82) is 0 Å². The number of hydrogen-bond donors (Lipinski definition) is 2. The molecule has 4 aromatic rings. The van der Waals surface area contributed by atoms with Gasteiger partial charge in [0.2, 0.25) is 0 Å². The fraction of sp³-hybridized carbons (Fsp3) is 0.276. The van der Waals surface area contributed by atoms with Gasteiger partial charge in [-0.1, -0.05) is 64.1 Å². The molecule has 14 heteroatoms. The zero-order chi connectivity index (χ0) is 30.8. The van der Waals surface area contributed by atoms with Gasteiger partial charge in [0.05, 0.1) is 23.1 Å². The molecule has 0 aliphatic rings. The van der Waals surface area contributed by atoms with Gasteiger partial charge in [0, 0.05) is 45.8 Å². The molecular weight excluding hydrogens is 651 g/mol. The predicted octanol–water partition coefficient (Wildman–Crippen LogP) is 6.19. The Labute approximate surface area is 271 Å². The van der Waals surface area contributed by atoms with Crippen LogP contribution < -0.4 is 10.1 Å². The average molecular weight is 680 g/mol. The monoisotopic (exact) mass is 678 g/mol. The summed E-state index contributed by atoms with van der Waals surface area (Å²) in [6, 6.07) is 17.4. The largest absolute Gasteiger partial charge is 0.487 e. The summed E-state index contributed by atoms with van der Waals surface area (Å²) in [5.41, 5.74) is 2.44. The van der Waals surface area contributed by atoms with E-state index in [1.165, 1.54) is 23.1 Å². The molecule has 1 atom stereocenters. The number of carbonyl (C=O) groups excluding carboxylic acids is 2. The van der Waals surface area contributed by atoms with E-state index in [0.717, 1.165) is 27.5 Å². The lowest BCUT2D eigenvalue weighted by Gasteiger charge is -2.18. The van der Waals surface area contributed by atoms with Gasteiger partial charge in [-0.25, -0.2) is 0 Å². The van der Waals surface area contributed by atoms with Crippen molar-refractivity contribution in [2.75, 3.05) is 12.8 Å². The minimum atomic E-state index is -1.17. The van der Waals surface area contributed by atoms with Gasteiger partial charge >= 0.3 is 5.97 Å². The highest BCUT2D eigenvalue weighted by molar-refractivity contribution is 7.99. The van der Waals surface area contributed by atoms with Gasteiger partial charge in [-0.3, -0.25) is 19.3 Å². The van der Waals surface area contributed by atoms with E-state index < -0.39 is 24.3 Å². The highest BCUT2D eigenvalue weighted by atomic mass is 35.5. The summed E-state index contributed by atoms with van der Waals surface area (Å²) in [6.45, 7) is 1.36. The van der Waals surface area contributed by atoms with Crippen molar-refractivity contribution < 1.29 is 24.2 Å². The van der Waals surface area contributed by atoms with Crippen molar-refractivity contribution in [3.63, 3.8) is 0 Å². The normalized spacial score (nSPS) is 11.8. The molecule has 9 nitrogen and oxygen atoms in total. The standard InChI is InChI=1S/C29H28Cl2N4O5S3/c1-35(13-18-6-3-5-9-25(18)40-15-23-28(31)43-34-33-23)14-20-10-11-26(42-20)29(39)32-22(12-27(37)38)24(36)17-41-16-19-7-2-4-8-21(19)30/h2-11,22H,12-17H2,1H3,(H,32,39)(H,37,38)/t22-/m0/s1. The number of thioether (sulfide) groups is 1. The fourth-order valence-corrected chi connectivity index (χ4v) is 6.88. The van der Waals surface area contributed by atoms with Gasteiger partial charge in [0.1, 0.15) is 22.4 Å². The smallest absolute Gasteiger partial charge is 0.305 e. The van der Waals surface area contributed by atoms with E-state index in [4.69, 9.17) is 27.9 Å². The summed E-state index contributed by atoms with van der Waals surface area (Å²) in [5.74, 6) is -0.761. The Bertz CT molecular complexity index is 1560. The minimum Gasteiger partial charge on any atom is -0.487 e. The van der Waals surface area contributed by atoms with Crippen LogP contribution in [0.5, 0.6) is 5.75 Å². The number of ketones is 1. The van der Waals surface area contributed by atoms with E-state index in [0.29, 0.717) is 44.5 Å². The number of benzene rings is 2. The molecule has 4 rings (SSSR count). The van der Waals surface area contributed by atoms with Gasteiger partial charge < -0.3 is 15.2 Å². The molecule has 0 radical (unpaired) electrons. The third-order valence-corrected chi connectivity index (χ3v) is 9.56. The van der Waals surface area contributed by atoms with E-state index in [1.807, 2.05) is 55.6 Å². The molecule has 226 valence electrons. The fourth-order valence-electron chi connectivity index (χ4n) is 4.03. The van der Waals surface area contributed by atoms with E-state index in [9.17, 15) is 19.5 Å². The molecule has 0 saturated carbocycles. The number of nitrogens with zero attached hydrogens (tertiary/aromatic N) is 3. The van der Waals surface area contributed by atoms with Crippen LogP contribution in [0, 0.1) is 0 Å². The Morgan fingerprint density at radius 1 is 1.05 bits per heavy atom. The Balaban J connectivity index is 1.31. The first-order chi connectivity index (χ1) is 20.7. The molecule has 0 bridgehead atoms. The number of halogens is 2. The van der Waals surface area contributed by atoms with Crippen molar-refractivity contribution in [2.24, 2.45) is 0 Å². The van der Waals surface area contributed by atoms with Gasteiger partial charge in [-0.05, 0) is 36.9 Å². The Hall–Kier alpha value is -3.00.